The maximum absolute atomic E-state index is 14.0. The first-order valence-electron chi connectivity index (χ1n) is 9.67. The summed E-state index contributed by atoms with van der Waals surface area (Å²) in [6.07, 6.45) is 2.48. The molecular formula is C20H23F2N5O2. The summed E-state index contributed by atoms with van der Waals surface area (Å²) in [4.78, 5) is 26.2. The van der Waals surface area contributed by atoms with Crippen LogP contribution >= 0.6 is 0 Å². The molecule has 4 rings (SSSR count). The van der Waals surface area contributed by atoms with Crippen molar-refractivity contribution in [3.63, 3.8) is 0 Å². The van der Waals surface area contributed by atoms with E-state index >= 15 is 0 Å². The van der Waals surface area contributed by atoms with Crippen LogP contribution < -0.4 is 5.32 Å². The molecule has 1 aliphatic heterocycles. The second-order valence-corrected chi connectivity index (χ2v) is 8.20. The van der Waals surface area contributed by atoms with Crippen molar-refractivity contribution < 1.29 is 18.4 Å². The standard InChI is InChI=1S/C20H23F2N5O2/c1-19(7-8-19)18(29)27-13-20(21,22)9-15(27)11-26-12-16(24-25-26)17(28)23-10-14-5-3-2-4-6-14/h2-6,12,15H,7-11,13H2,1H3,(H,23,28)/t15-/m0/s1. The van der Waals surface area contributed by atoms with E-state index in [1.54, 1.807) is 0 Å². The average molecular weight is 403 g/mol. The van der Waals surface area contributed by atoms with E-state index in [9.17, 15) is 18.4 Å². The number of amides is 2. The van der Waals surface area contributed by atoms with Crippen LogP contribution in [0.5, 0.6) is 0 Å². The van der Waals surface area contributed by atoms with Crippen molar-refractivity contribution in [3.05, 3.63) is 47.8 Å². The molecule has 154 valence electrons. The third-order valence-electron chi connectivity index (χ3n) is 5.62. The van der Waals surface area contributed by atoms with E-state index in [1.165, 1.54) is 15.8 Å². The number of benzene rings is 1. The van der Waals surface area contributed by atoms with Crippen LogP contribution in [-0.2, 0) is 17.9 Å². The summed E-state index contributed by atoms with van der Waals surface area (Å²) in [5.41, 5.74) is 0.547. The van der Waals surface area contributed by atoms with Gasteiger partial charge in [-0.2, -0.15) is 0 Å². The van der Waals surface area contributed by atoms with Gasteiger partial charge in [-0.15, -0.1) is 5.10 Å². The number of likely N-dealkylation sites (tertiary alicyclic amines) is 1. The van der Waals surface area contributed by atoms with E-state index in [0.29, 0.717) is 6.54 Å². The van der Waals surface area contributed by atoms with Gasteiger partial charge in [-0.1, -0.05) is 42.5 Å². The highest BCUT2D eigenvalue weighted by Gasteiger charge is 2.54. The molecule has 2 heterocycles. The van der Waals surface area contributed by atoms with E-state index in [2.05, 4.69) is 15.6 Å². The van der Waals surface area contributed by atoms with Gasteiger partial charge in [0.25, 0.3) is 11.8 Å². The molecule has 1 saturated heterocycles. The van der Waals surface area contributed by atoms with Crippen molar-refractivity contribution in [1.82, 2.24) is 25.2 Å². The highest BCUT2D eigenvalue weighted by molar-refractivity contribution is 5.91. The van der Waals surface area contributed by atoms with Crippen LogP contribution in [0.25, 0.3) is 0 Å². The molecule has 9 heteroatoms. The zero-order chi connectivity index (χ0) is 20.6. The summed E-state index contributed by atoms with van der Waals surface area (Å²) >= 11 is 0. The van der Waals surface area contributed by atoms with Crippen LogP contribution in [-0.4, -0.2) is 50.2 Å². The summed E-state index contributed by atoms with van der Waals surface area (Å²) in [6.45, 7) is 1.68. The average Bonchev–Trinajstić information content (AvgIpc) is 3.14. The van der Waals surface area contributed by atoms with Crippen molar-refractivity contribution in [2.45, 2.75) is 51.2 Å². The van der Waals surface area contributed by atoms with Gasteiger partial charge < -0.3 is 10.2 Å². The Kier molecular flexibility index (Phi) is 4.84. The predicted molar refractivity (Wildman–Crippen MR) is 100 cm³/mol. The SMILES string of the molecule is CC1(C(=O)N2CC(F)(F)C[C@H]2Cn2cc(C(=O)NCc3ccccc3)nn2)CC1. The molecule has 0 radical (unpaired) electrons. The Bertz CT molecular complexity index is 911. The maximum Gasteiger partial charge on any atom is 0.273 e. The molecule has 29 heavy (non-hydrogen) atoms. The molecule has 0 bridgehead atoms. The van der Waals surface area contributed by atoms with Crippen molar-refractivity contribution in [3.8, 4) is 0 Å². The van der Waals surface area contributed by atoms with Gasteiger partial charge in [0.15, 0.2) is 5.69 Å². The van der Waals surface area contributed by atoms with E-state index in [1.807, 2.05) is 37.3 Å². The topological polar surface area (TPSA) is 80.1 Å². The van der Waals surface area contributed by atoms with Gasteiger partial charge in [0.2, 0.25) is 5.91 Å². The van der Waals surface area contributed by atoms with Crippen LogP contribution in [0.3, 0.4) is 0 Å². The molecule has 0 unspecified atom stereocenters. The summed E-state index contributed by atoms with van der Waals surface area (Å²) in [6, 6.07) is 8.76. The Balaban J connectivity index is 1.39. The molecule has 2 fully saturated rings. The van der Waals surface area contributed by atoms with E-state index < -0.39 is 36.3 Å². The fourth-order valence-corrected chi connectivity index (χ4v) is 3.62. The van der Waals surface area contributed by atoms with E-state index in [0.717, 1.165) is 18.4 Å². The number of carbonyl (C=O) groups excluding carboxylic acids is 2. The lowest BCUT2D eigenvalue weighted by atomic mass is 10.1. The van der Waals surface area contributed by atoms with Gasteiger partial charge in [-0.05, 0) is 18.4 Å². The molecule has 0 spiro atoms. The van der Waals surface area contributed by atoms with Gasteiger partial charge in [0.1, 0.15) is 0 Å². The molecule has 7 nitrogen and oxygen atoms in total. The molecule has 1 aromatic heterocycles. The Hall–Kier alpha value is -2.84. The third-order valence-corrected chi connectivity index (χ3v) is 5.62. The highest BCUT2D eigenvalue weighted by atomic mass is 19.3. The minimum absolute atomic E-state index is 0.0797. The maximum atomic E-state index is 14.0. The second kappa shape index (κ2) is 7.20. The third kappa shape index (κ3) is 4.28. The quantitative estimate of drug-likeness (QED) is 0.802. The minimum atomic E-state index is -2.91. The van der Waals surface area contributed by atoms with Crippen molar-refractivity contribution in [2.75, 3.05) is 6.54 Å². The lowest BCUT2D eigenvalue weighted by Gasteiger charge is -2.26. The van der Waals surface area contributed by atoms with Crippen molar-refractivity contribution in [2.24, 2.45) is 5.41 Å². The van der Waals surface area contributed by atoms with E-state index in [4.69, 9.17) is 0 Å². The monoisotopic (exact) mass is 403 g/mol. The minimum Gasteiger partial charge on any atom is -0.347 e. The van der Waals surface area contributed by atoms with E-state index in [-0.39, 0.29) is 18.1 Å². The molecular weight excluding hydrogens is 380 g/mol. The van der Waals surface area contributed by atoms with Gasteiger partial charge in [0, 0.05) is 18.4 Å². The van der Waals surface area contributed by atoms with Crippen LogP contribution in [0.2, 0.25) is 0 Å². The Labute approximate surface area is 167 Å². The fraction of sp³-hybridized carbons (Fsp3) is 0.500. The molecule has 1 saturated carbocycles. The first-order chi connectivity index (χ1) is 13.8. The van der Waals surface area contributed by atoms with Crippen molar-refractivity contribution in [1.29, 1.82) is 0 Å². The van der Waals surface area contributed by atoms with Gasteiger partial charge >= 0.3 is 0 Å². The summed E-state index contributed by atoms with van der Waals surface area (Å²) < 4.78 is 29.4. The highest BCUT2D eigenvalue weighted by Crippen LogP contribution is 2.48. The lowest BCUT2D eigenvalue weighted by molar-refractivity contribution is -0.138. The van der Waals surface area contributed by atoms with Gasteiger partial charge in [-0.3, -0.25) is 9.59 Å². The Morgan fingerprint density at radius 1 is 1.24 bits per heavy atom. The van der Waals surface area contributed by atoms with Crippen LogP contribution in [0.15, 0.2) is 36.5 Å². The molecule has 1 aromatic carbocycles. The number of hydrogen-bond donors (Lipinski definition) is 1. The number of nitrogens with one attached hydrogen (secondary N) is 1. The number of hydrogen-bond acceptors (Lipinski definition) is 4. The summed E-state index contributed by atoms with van der Waals surface area (Å²) in [5.74, 6) is -3.53. The molecule has 2 amide bonds. The Morgan fingerprint density at radius 3 is 2.66 bits per heavy atom. The second-order valence-electron chi connectivity index (χ2n) is 8.20. The largest absolute Gasteiger partial charge is 0.347 e. The molecule has 2 aliphatic rings. The molecule has 1 aliphatic carbocycles. The fourth-order valence-electron chi connectivity index (χ4n) is 3.62. The first-order valence-corrected chi connectivity index (χ1v) is 9.67. The van der Waals surface area contributed by atoms with Crippen LogP contribution in [0.1, 0.15) is 42.2 Å². The molecule has 1 N–H and O–H groups in total. The molecule has 2 aromatic rings. The summed E-state index contributed by atoms with van der Waals surface area (Å²) in [5, 5.41) is 10.5. The number of alkyl halides is 2. The smallest absolute Gasteiger partial charge is 0.273 e. The van der Waals surface area contributed by atoms with Crippen LogP contribution in [0, 0.1) is 5.41 Å². The van der Waals surface area contributed by atoms with Crippen molar-refractivity contribution >= 4 is 11.8 Å². The van der Waals surface area contributed by atoms with Crippen LogP contribution in [0.4, 0.5) is 8.78 Å². The Morgan fingerprint density at radius 2 is 1.97 bits per heavy atom. The lowest BCUT2D eigenvalue weighted by Crippen LogP contribution is -2.42. The normalized spacial score (nSPS) is 21.8. The number of aromatic nitrogens is 3. The zero-order valence-corrected chi connectivity index (χ0v) is 16.1. The number of carbonyl (C=O) groups is 2. The summed E-state index contributed by atoms with van der Waals surface area (Å²) in [7, 11) is 0. The number of nitrogens with zero attached hydrogens (tertiary/aromatic N) is 4. The number of halogens is 2. The zero-order valence-electron chi connectivity index (χ0n) is 16.1. The van der Waals surface area contributed by atoms with Gasteiger partial charge in [-0.25, -0.2) is 13.5 Å². The first kappa shape index (κ1) is 19.5. The van der Waals surface area contributed by atoms with Gasteiger partial charge in [0.05, 0.1) is 25.3 Å². The number of rotatable bonds is 6. The molecule has 1 atom stereocenters. The predicted octanol–water partition coefficient (Wildman–Crippen LogP) is 2.24.